The third-order valence-corrected chi connectivity index (χ3v) is 3.73. The smallest absolute Gasteiger partial charge is 0.223 e. The Balaban J connectivity index is 2.31. The number of nitrogens with zero attached hydrogens (tertiary/aromatic N) is 3. The lowest BCUT2D eigenvalue weighted by molar-refractivity contribution is -0.137. The first-order chi connectivity index (χ1) is 9.19. The molecule has 1 aromatic rings. The molecule has 0 aromatic carbocycles. The van der Waals surface area contributed by atoms with Crippen LogP contribution >= 0.6 is 0 Å². The summed E-state index contributed by atoms with van der Waals surface area (Å²) in [6.45, 7) is 5.93. The molecule has 0 bridgehead atoms. The van der Waals surface area contributed by atoms with Gasteiger partial charge in [-0.05, 0) is 19.3 Å². The zero-order valence-electron chi connectivity index (χ0n) is 11.9. The number of carbonyl (C=O) groups is 1. The zero-order chi connectivity index (χ0) is 13.8. The molecule has 1 fully saturated rings. The highest BCUT2D eigenvalue weighted by Crippen LogP contribution is 2.31. The van der Waals surface area contributed by atoms with Gasteiger partial charge in [-0.3, -0.25) is 4.79 Å². The summed E-state index contributed by atoms with van der Waals surface area (Å²) >= 11 is 0. The van der Waals surface area contributed by atoms with Gasteiger partial charge in [-0.15, -0.1) is 0 Å². The van der Waals surface area contributed by atoms with E-state index < -0.39 is 0 Å². The summed E-state index contributed by atoms with van der Waals surface area (Å²) in [5.74, 6) is 0.220. The lowest BCUT2D eigenvalue weighted by atomic mass is 9.93. The molecule has 0 radical (unpaired) electrons. The van der Waals surface area contributed by atoms with E-state index in [-0.39, 0.29) is 18.0 Å². The minimum absolute atomic E-state index is 0.0107. The Morgan fingerprint density at radius 1 is 1.37 bits per heavy atom. The maximum Gasteiger partial charge on any atom is 0.223 e. The Hall–Kier alpha value is -1.36. The van der Waals surface area contributed by atoms with E-state index in [1.807, 2.05) is 17.4 Å². The Labute approximate surface area is 114 Å². The van der Waals surface area contributed by atoms with Crippen molar-refractivity contribution < 1.29 is 4.79 Å². The molecule has 19 heavy (non-hydrogen) atoms. The topological polar surface area (TPSA) is 64.2 Å². The predicted octanol–water partition coefficient (Wildman–Crippen LogP) is 1.69. The second-order valence-corrected chi connectivity index (χ2v) is 5.25. The normalized spacial score (nSPS) is 23.9. The zero-order valence-corrected chi connectivity index (χ0v) is 11.9. The number of likely N-dealkylation sites (tertiary alicyclic amines) is 1. The van der Waals surface area contributed by atoms with Crippen molar-refractivity contribution in [3.05, 3.63) is 18.2 Å². The van der Waals surface area contributed by atoms with E-state index in [0.29, 0.717) is 6.42 Å². The first-order valence-electron chi connectivity index (χ1n) is 7.24. The maximum atomic E-state index is 12.1. The van der Waals surface area contributed by atoms with Gasteiger partial charge in [0.25, 0.3) is 0 Å². The number of hydrogen-bond acceptors (Lipinski definition) is 3. The van der Waals surface area contributed by atoms with Crippen molar-refractivity contribution in [1.29, 1.82) is 0 Å². The summed E-state index contributed by atoms with van der Waals surface area (Å²) in [4.78, 5) is 18.3. The lowest BCUT2D eigenvalue weighted by Crippen LogP contribution is -2.49. The summed E-state index contributed by atoms with van der Waals surface area (Å²) < 4.78 is 2.13. The Kier molecular flexibility index (Phi) is 4.58. The highest BCUT2D eigenvalue weighted by molar-refractivity contribution is 5.77. The van der Waals surface area contributed by atoms with Crippen molar-refractivity contribution in [3.63, 3.8) is 0 Å². The highest BCUT2D eigenvalue weighted by atomic mass is 16.2. The molecular weight excluding hydrogens is 240 g/mol. The Morgan fingerprint density at radius 2 is 2.11 bits per heavy atom. The molecule has 106 valence electrons. The van der Waals surface area contributed by atoms with Crippen LogP contribution in [-0.4, -0.2) is 32.9 Å². The predicted molar refractivity (Wildman–Crippen MR) is 74.5 cm³/mol. The van der Waals surface area contributed by atoms with Gasteiger partial charge in [-0.2, -0.15) is 0 Å². The molecule has 1 amide bonds. The van der Waals surface area contributed by atoms with E-state index in [2.05, 4.69) is 23.4 Å². The molecule has 2 N–H and O–H groups in total. The van der Waals surface area contributed by atoms with Crippen LogP contribution in [-0.2, 0) is 11.3 Å². The fourth-order valence-corrected chi connectivity index (χ4v) is 2.87. The molecule has 5 nitrogen and oxygen atoms in total. The molecule has 0 spiro atoms. The highest BCUT2D eigenvalue weighted by Gasteiger charge is 2.36. The number of imidazole rings is 1. The van der Waals surface area contributed by atoms with Crippen LogP contribution < -0.4 is 5.73 Å². The number of nitrogens with two attached hydrogens (primary N) is 1. The molecular formula is C14H24N4O. The molecule has 2 atom stereocenters. The van der Waals surface area contributed by atoms with Gasteiger partial charge < -0.3 is 15.2 Å². The van der Waals surface area contributed by atoms with E-state index >= 15 is 0 Å². The van der Waals surface area contributed by atoms with Gasteiger partial charge in [-0.1, -0.05) is 13.8 Å². The van der Waals surface area contributed by atoms with Crippen molar-refractivity contribution >= 4 is 5.91 Å². The standard InChI is InChI=1S/C14H24N4O/c1-3-7-17-10-16-9-12(17)14-11(15)5-6-13(19)18(14)8-4-2/h9-11,14H,3-8,15H2,1-2H3. The SMILES string of the molecule is CCCN1C(=O)CCC(N)C1c1cncn1CCC. The van der Waals surface area contributed by atoms with Crippen molar-refractivity contribution in [2.24, 2.45) is 5.73 Å². The van der Waals surface area contributed by atoms with Gasteiger partial charge in [0.2, 0.25) is 5.91 Å². The first kappa shape index (κ1) is 14.1. The van der Waals surface area contributed by atoms with Crippen molar-refractivity contribution in [3.8, 4) is 0 Å². The molecule has 1 saturated heterocycles. The number of hydrogen-bond donors (Lipinski definition) is 1. The second kappa shape index (κ2) is 6.19. The second-order valence-electron chi connectivity index (χ2n) is 5.25. The number of piperidine rings is 1. The third kappa shape index (κ3) is 2.81. The molecule has 2 rings (SSSR count). The van der Waals surface area contributed by atoms with Crippen LogP contribution in [0.4, 0.5) is 0 Å². The summed E-state index contributed by atoms with van der Waals surface area (Å²) in [5.41, 5.74) is 7.36. The van der Waals surface area contributed by atoms with E-state index in [9.17, 15) is 4.79 Å². The molecule has 1 aliphatic heterocycles. The average molecular weight is 264 g/mol. The monoisotopic (exact) mass is 264 g/mol. The van der Waals surface area contributed by atoms with Gasteiger partial charge in [0.1, 0.15) is 0 Å². The minimum Gasteiger partial charge on any atom is -0.333 e. The van der Waals surface area contributed by atoms with E-state index in [1.54, 1.807) is 0 Å². The first-order valence-corrected chi connectivity index (χ1v) is 7.24. The van der Waals surface area contributed by atoms with E-state index in [0.717, 1.165) is 38.0 Å². The molecule has 5 heteroatoms. The van der Waals surface area contributed by atoms with Crippen LogP contribution in [0.15, 0.2) is 12.5 Å². The molecule has 1 aliphatic rings. The van der Waals surface area contributed by atoms with Crippen LogP contribution in [0.5, 0.6) is 0 Å². The third-order valence-electron chi connectivity index (χ3n) is 3.73. The quantitative estimate of drug-likeness (QED) is 0.880. The molecule has 0 saturated carbocycles. The number of aryl methyl sites for hydroxylation is 1. The van der Waals surface area contributed by atoms with Gasteiger partial charge in [0.05, 0.1) is 24.3 Å². The maximum absolute atomic E-state index is 12.1. The number of amides is 1. The largest absolute Gasteiger partial charge is 0.333 e. The minimum atomic E-state index is -0.0183. The van der Waals surface area contributed by atoms with Gasteiger partial charge >= 0.3 is 0 Å². The van der Waals surface area contributed by atoms with Crippen LogP contribution in [0.2, 0.25) is 0 Å². The van der Waals surface area contributed by atoms with Gasteiger partial charge in [0, 0.05) is 25.6 Å². The fraction of sp³-hybridized carbons (Fsp3) is 0.714. The number of aromatic nitrogens is 2. The summed E-state index contributed by atoms with van der Waals surface area (Å²) in [5, 5.41) is 0. The Morgan fingerprint density at radius 3 is 2.79 bits per heavy atom. The molecule has 2 heterocycles. The Bertz CT molecular complexity index is 429. The van der Waals surface area contributed by atoms with Crippen LogP contribution in [0.25, 0.3) is 0 Å². The van der Waals surface area contributed by atoms with Crippen LogP contribution in [0.3, 0.4) is 0 Å². The lowest BCUT2D eigenvalue weighted by Gasteiger charge is -2.39. The molecule has 1 aromatic heterocycles. The van der Waals surface area contributed by atoms with Crippen molar-refractivity contribution in [2.75, 3.05) is 6.54 Å². The molecule has 2 unspecified atom stereocenters. The summed E-state index contributed by atoms with van der Waals surface area (Å²) in [7, 11) is 0. The van der Waals surface area contributed by atoms with Crippen LogP contribution in [0, 0.1) is 0 Å². The number of carbonyl (C=O) groups excluding carboxylic acids is 1. The molecule has 0 aliphatic carbocycles. The summed E-state index contributed by atoms with van der Waals surface area (Å²) in [6, 6.07) is -0.00759. The summed E-state index contributed by atoms with van der Waals surface area (Å²) in [6.07, 6.45) is 7.04. The van der Waals surface area contributed by atoms with E-state index in [1.165, 1.54) is 0 Å². The van der Waals surface area contributed by atoms with Gasteiger partial charge in [-0.25, -0.2) is 4.98 Å². The van der Waals surface area contributed by atoms with Crippen molar-refractivity contribution in [2.45, 2.75) is 58.2 Å². The number of rotatable bonds is 5. The van der Waals surface area contributed by atoms with Crippen molar-refractivity contribution in [1.82, 2.24) is 14.5 Å². The van der Waals surface area contributed by atoms with E-state index in [4.69, 9.17) is 5.73 Å². The van der Waals surface area contributed by atoms with Gasteiger partial charge in [0.15, 0.2) is 0 Å². The fourth-order valence-electron chi connectivity index (χ4n) is 2.87. The van der Waals surface area contributed by atoms with Crippen LogP contribution in [0.1, 0.15) is 51.3 Å². The average Bonchev–Trinajstić information content (AvgIpc) is 2.83.